The molecule has 0 unspecified atom stereocenters. The zero-order chi connectivity index (χ0) is 21.7. The van der Waals surface area contributed by atoms with Gasteiger partial charge in [-0.15, -0.1) is 0 Å². The molecule has 0 radical (unpaired) electrons. The summed E-state index contributed by atoms with van der Waals surface area (Å²) in [6.45, 7) is 2.25. The first kappa shape index (κ1) is 25.4. The Kier molecular flexibility index (Phi) is 11.3. The largest absolute Gasteiger partial charge is 2.00 e. The standard InChI is InChI=1S/C18H14O2.C11H17.Fe/c19-18(16-8-4-5-9-16)20-17-12-10-15(11-13-17)14-6-2-1-3-7-14;1-2-3-4-5-8-11-9-6-7-10-11;/h1-13,19H;6-7,9-10H,2-5,8H2,1H3;/q;-1;+2/p-1. The molecule has 0 atom stereocenters. The van der Waals surface area contributed by atoms with Gasteiger partial charge in [0.15, 0.2) is 0 Å². The van der Waals surface area contributed by atoms with Crippen LogP contribution in [0.1, 0.15) is 38.2 Å². The van der Waals surface area contributed by atoms with Gasteiger partial charge in [0.1, 0.15) is 0 Å². The van der Waals surface area contributed by atoms with Gasteiger partial charge in [0, 0.05) is 5.75 Å². The summed E-state index contributed by atoms with van der Waals surface area (Å²) in [6, 6.07) is 26.3. The summed E-state index contributed by atoms with van der Waals surface area (Å²) in [7, 11) is 0. The van der Waals surface area contributed by atoms with Crippen LogP contribution in [-0.4, -0.2) is 0 Å². The fraction of sp³-hybridized carbons (Fsp3) is 0.207. The minimum Gasteiger partial charge on any atom is -0.579 e. The predicted molar refractivity (Wildman–Crippen MR) is 128 cm³/mol. The second kappa shape index (κ2) is 14.2. The van der Waals surface area contributed by atoms with E-state index in [0.717, 1.165) is 11.1 Å². The van der Waals surface area contributed by atoms with E-state index in [-0.39, 0.29) is 23.0 Å². The van der Waals surface area contributed by atoms with Gasteiger partial charge in [0.2, 0.25) is 0 Å². The van der Waals surface area contributed by atoms with Crippen molar-refractivity contribution >= 4 is 0 Å². The monoisotopic (exact) mass is 466 g/mol. The van der Waals surface area contributed by atoms with E-state index in [9.17, 15) is 5.11 Å². The number of unbranched alkanes of at least 4 members (excludes halogenated alkanes) is 3. The van der Waals surface area contributed by atoms with Crippen LogP contribution in [0.25, 0.3) is 11.1 Å². The molecule has 3 aromatic rings. The van der Waals surface area contributed by atoms with E-state index < -0.39 is 0 Å². The average molecular weight is 466 g/mol. The molecule has 0 saturated carbocycles. The molecular weight excluding hydrogens is 436 g/mol. The Morgan fingerprint density at radius 2 is 1.50 bits per heavy atom. The molecule has 0 amide bonds. The van der Waals surface area contributed by atoms with Gasteiger partial charge in [-0.2, -0.15) is 17.7 Å². The van der Waals surface area contributed by atoms with Gasteiger partial charge < -0.3 is 9.84 Å². The Bertz CT molecular complexity index is 967. The Hall–Kier alpha value is -2.87. The van der Waals surface area contributed by atoms with Crippen molar-refractivity contribution in [3.8, 4) is 16.9 Å². The molecule has 1 aliphatic carbocycles. The smallest absolute Gasteiger partial charge is 0.579 e. The fourth-order valence-electron chi connectivity index (χ4n) is 3.36. The van der Waals surface area contributed by atoms with E-state index >= 15 is 0 Å². The van der Waals surface area contributed by atoms with Gasteiger partial charge >= 0.3 is 17.1 Å². The Labute approximate surface area is 202 Å². The van der Waals surface area contributed by atoms with Crippen LogP contribution < -0.4 is 9.84 Å². The maximum absolute atomic E-state index is 11.8. The molecule has 2 nitrogen and oxygen atoms in total. The van der Waals surface area contributed by atoms with Gasteiger partial charge in [-0.25, -0.2) is 12.1 Å². The second-order valence-corrected chi connectivity index (χ2v) is 7.56. The van der Waals surface area contributed by atoms with Crippen LogP contribution in [0.3, 0.4) is 0 Å². The third-order valence-corrected chi connectivity index (χ3v) is 5.12. The van der Waals surface area contributed by atoms with Crippen molar-refractivity contribution in [3.63, 3.8) is 0 Å². The Balaban J connectivity index is 0.000000259. The molecule has 166 valence electrons. The summed E-state index contributed by atoms with van der Waals surface area (Å²) in [4.78, 5) is 0. The first-order valence-electron chi connectivity index (χ1n) is 11.1. The van der Waals surface area contributed by atoms with Crippen molar-refractivity contribution in [3.05, 3.63) is 120 Å². The van der Waals surface area contributed by atoms with Crippen LogP contribution in [0.15, 0.2) is 115 Å². The number of hydrogen-bond donors (Lipinski definition) is 0. The summed E-state index contributed by atoms with van der Waals surface area (Å²) in [5, 5.41) is 11.8. The SMILES string of the molecule is CCCCCCc1ccc[cH-]1.[Fe+2].[O-]C(Oc1ccc(-c2ccccc2)cc1)=C1C=CC=C1. The fourth-order valence-corrected chi connectivity index (χ4v) is 3.36. The maximum atomic E-state index is 11.8. The molecule has 32 heavy (non-hydrogen) atoms. The quantitative estimate of drug-likeness (QED) is 0.156. The molecule has 1 aliphatic rings. The topological polar surface area (TPSA) is 32.3 Å². The number of benzene rings is 2. The van der Waals surface area contributed by atoms with Gasteiger partial charge in [0.05, 0.1) is 5.95 Å². The third kappa shape index (κ3) is 8.34. The van der Waals surface area contributed by atoms with Crippen molar-refractivity contribution in [2.45, 2.75) is 39.0 Å². The molecule has 3 heteroatoms. The van der Waals surface area contributed by atoms with Crippen molar-refractivity contribution < 1.29 is 26.9 Å². The van der Waals surface area contributed by atoms with Gasteiger partial charge in [0.25, 0.3) is 0 Å². The zero-order valence-electron chi connectivity index (χ0n) is 18.5. The van der Waals surface area contributed by atoms with Crippen LogP contribution in [0.2, 0.25) is 0 Å². The van der Waals surface area contributed by atoms with E-state index in [1.807, 2.05) is 66.7 Å². The Morgan fingerprint density at radius 1 is 0.812 bits per heavy atom. The summed E-state index contributed by atoms with van der Waals surface area (Å²) >= 11 is 0. The van der Waals surface area contributed by atoms with E-state index in [4.69, 9.17) is 4.74 Å². The number of aryl methyl sites for hydroxylation is 1. The molecule has 0 aromatic heterocycles. The Morgan fingerprint density at radius 3 is 2.12 bits per heavy atom. The first-order chi connectivity index (χ1) is 15.3. The average Bonchev–Trinajstić information content (AvgIpc) is 3.53. The minimum absolute atomic E-state index is 0. The molecule has 0 fully saturated rings. The third-order valence-electron chi connectivity index (χ3n) is 5.12. The predicted octanol–water partition coefficient (Wildman–Crippen LogP) is 6.96. The number of rotatable bonds is 8. The van der Waals surface area contributed by atoms with Crippen molar-refractivity contribution in [2.75, 3.05) is 0 Å². The van der Waals surface area contributed by atoms with Crippen LogP contribution in [0.4, 0.5) is 0 Å². The number of ether oxygens (including phenoxy) is 1. The van der Waals surface area contributed by atoms with Crippen LogP contribution in [0, 0.1) is 0 Å². The van der Waals surface area contributed by atoms with Crippen LogP contribution in [-0.2, 0) is 23.5 Å². The van der Waals surface area contributed by atoms with Gasteiger partial charge in [-0.1, -0.05) is 106 Å². The summed E-state index contributed by atoms with van der Waals surface area (Å²) in [6.07, 6.45) is 13.8. The van der Waals surface area contributed by atoms with E-state index in [1.54, 1.807) is 12.2 Å². The molecule has 3 aromatic carbocycles. The molecule has 0 N–H and O–H groups in total. The molecule has 0 heterocycles. The number of allylic oxidation sites excluding steroid dienone is 5. The molecule has 0 saturated heterocycles. The van der Waals surface area contributed by atoms with E-state index in [0.29, 0.717) is 11.3 Å². The maximum Gasteiger partial charge on any atom is 2.00 e. The van der Waals surface area contributed by atoms with Crippen molar-refractivity contribution in [1.82, 2.24) is 0 Å². The van der Waals surface area contributed by atoms with E-state index in [2.05, 4.69) is 31.2 Å². The zero-order valence-corrected chi connectivity index (χ0v) is 19.6. The molecule has 0 aliphatic heterocycles. The molecule has 0 spiro atoms. The van der Waals surface area contributed by atoms with Crippen LogP contribution >= 0.6 is 0 Å². The molecule has 0 bridgehead atoms. The number of hydrogen-bond acceptors (Lipinski definition) is 2. The summed E-state index contributed by atoms with van der Waals surface area (Å²) in [5.74, 6) is 0.221. The molecular formula is C29H30FeO2. The van der Waals surface area contributed by atoms with Crippen LogP contribution in [0.5, 0.6) is 5.75 Å². The second-order valence-electron chi connectivity index (χ2n) is 7.56. The summed E-state index contributed by atoms with van der Waals surface area (Å²) < 4.78 is 5.31. The van der Waals surface area contributed by atoms with Crippen molar-refractivity contribution in [1.29, 1.82) is 0 Å². The minimum atomic E-state index is -0.331. The summed E-state index contributed by atoms with van der Waals surface area (Å²) in [5.41, 5.74) is 4.30. The normalized spacial score (nSPS) is 11.5. The van der Waals surface area contributed by atoms with Crippen molar-refractivity contribution in [2.24, 2.45) is 0 Å². The van der Waals surface area contributed by atoms with E-state index in [1.165, 1.54) is 37.7 Å². The van der Waals surface area contributed by atoms with Gasteiger partial charge in [-0.05, 0) is 28.8 Å². The molecule has 4 rings (SSSR count). The first-order valence-corrected chi connectivity index (χ1v) is 11.1. The van der Waals surface area contributed by atoms with Gasteiger partial charge in [-0.3, -0.25) is 0 Å².